The van der Waals surface area contributed by atoms with Crippen LogP contribution >= 0.6 is 11.3 Å². The predicted molar refractivity (Wildman–Crippen MR) is 86.0 cm³/mol. The number of aryl methyl sites for hydroxylation is 1. The molecule has 0 radical (unpaired) electrons. The molecule has 3 rings (SSSR count). The number of rotatable bonds is 4. The van der Waals surface area contributed by atoms with E-state index in [1.165, 1.54) is 40.4 Å². The highest BCUT2D eigenvalue weighted by Gasteiger charge is 2.24. The molecule has 0 spiro atoms. The Hall–Kier alpha value is -1.16. The topological polar surface area (TPSA) is 29.3 Å². The van der Waals surface area contributed by atoms with Crippen molar-refractivity contribution in [1.29, 1.82) is 0 Å². The summed E-state index contributed by atoms with van der Waals surface area (Å²) < 4.78 is 0. The predicted octanol–water partition coefficient (Wildman–Crippen LogP) is 3.50. The molecule has 106 valence electrons. The summed E-state index contributed by atoms with van der Waals surface area (Å²) in [5.74, 6) is 0.698. The van der Waals surface area contributed by atoms with E-state index in [0.29, 0.717) is 12.5 Å². The van der Waals surface area contributed by atoms with Gasteiger partial charge < -0.3 is 5.73 Å². The van der Waals surface area contributed by atoms with Crippen molar-refractivity contribution in [3.05, 3.63) is 57.3 Å². The summed E-state index contributed by atoms with van der Waals surface area (Å²) in [4.78, 5) is 5.30. The number of hydrogen-bond acceptors (Lipinski definition) is 3. The number of likely N-dealkylation sites (tertiary alicyclic amines) is 1. The van der Waals surface area contributed by atoms with Crippen molar-refractivity contribution < 1.29 is 0 Å². The second-order valence-electron chi connectivity index (χ2n) is 5.63. The van der Waals surface area contributed by atoms with E-state index in [9.17, 15) is 0 Å². The zero-order valence-corrected chi connectivity index (χ0v) is 12.8. The number of hydrogen-bond donors (Lipinski definition) is 1. The molecule has 2 aromatic rings. The van der Waals surface area contributed by atoms with Crippen LogP contribution in [0.3, 0.4) is 0 Å². The van der Waals surface area contributed by atoms with Gasteiger partial charge in [0, 0.05) is 29.4 Å². The zero-order valence-electron chi connectivity index (χ0n) is 12.0. The molecule has 1 unspecified atom stereocenters. The van der Waals surface area contributed by atoms with E-state index >= 15 is 0 Å². The molecule has 1 aliphatic rings. The molecule has 20 heavy (non-hydrogen) atoms. The monoisotopic (exact) mass is 286 g/mol. The average Bonchev–Trinajstić information content (AvgIpc) is 3.08. The number of nitrogens with zero attached hydrogens (tertiary/aromatic N) is 1. The summed E-state index contributed by atoms with van der Waals surface area (Å²) in [5.41, 5.74) is 8.68. The van der Waals surface area contributed by atoms with Crippen LogP contribution < -0.4 is 5.73 Å². The molecule has 2 heterocycles. The molecule has 2 N–H and O–H groups in total. The first kappa shape index (κ1) is 13.8. The normalized spacial score (nSPS) is 19.6. The maximum atomic E-state index is 5.74. The Morgan fingerprint density at radius 2 is 2.10 bits per heavy atom. The van der Waals surface area contributed by atoms with Gasteiger partial charge in [0.15, 0.2) is 0 Å². The zero-order chi connectivity index (χ0) is 13.9. The summed E-state index contributed by atoms with van der Waals surface area (Å²) in [6.07, 6.45) is 1.27. The Morgan fingerprint density at radius 1 is 1.30 bits per heavy atom. The minimum Gasteiger partial charge on any atom is -0.326 e. The second kappa shape index (κ2) is 6.08. The smallest absolute Gasteiger partial charge is 0.0274 e. The van der Waals surface area contributed by atoms with Crippen molar-refractivity contribution in [2.75, 3.05) is 13.1 Å². The highest BCUT2D eigenvalue weighted by molar-refractivity contribution is 7.12. The van der Waals surface area contributed by atoms with E-state index in [-0.39, 0.29) is 0 Å². The largest absolute Gasteiger partial charge is 0.326 e. The highest BCUT2D eigenvalue weighted by atomic mass is 32.1. The summed E-state index contributed by atoms with van der Waals surface area (Å²) >= 11 is 1.84. The third-order valence-electron chi connectivity index (χ3n) is 4.21. The highest BCUT2D eigenvalue weighted by Crippen LogP contribution is 2.30. The van der Waals surface area contributed by atoms with Crippen LogP contribution in [-0.2, 0) is 13.1 Å². The molecule has 1 saturated heterocycles. The first-order valence-electron chi connectivity index (χ1n) is 7.32. The van der Waals surface area contributed by atoms with Crippen LogP contribution in [0.25, 0.3) is 0 Å². The Morgan fingerprint density at radius 3 is 2.80 bits per heavy atom. The Kier molecular flexibility index (Phi) is 4.20. The Bertz CT molecular complexity index is 562. The molecule has 1 aromatic heterocycles. The molecular weight excluding hydrogens is 264 g/mol. The third kappa shape index (κ3) is 2.95. The van der Waals surface area contributed by atoms with Gasteiger partial charge in [-0.3, -0.25) is 4.90 Å². The van der Waals surface area contributed by atoms with Crippen LogP contribution in [0.1, 0.15) is 33.2 Å². The lowest BCUT2D eigenvalue weighted by Crippen LogP contribution is -2.19. The van der Waals surface area contributed by atoms with Crippen LogP contribution in [0.4, 0.5) is 0 Å². The molecule has 1 fully saturated rings. The fourth-order valence-electron chi connectivity index (χ4n) is 3.06. The van der Waals surface area contributed by atoms with Gasteiger partial charge in [-0.25, -0.2) is 0 Å². The molecule has 0 bridgehead atoms. The van der Waals surface area contributed by atoms with Crippen LogP contribution in [0, 0.1) is 6.92 Å². The summed E-state index contributed by atoms with van der Waals surface area (Å²) in [6.45, 7) is 6.33. The lowest BCUT2D eigenvalue weighted by atomic mass is 9.99. The van der Waals surface area contributed by atoms with E-state index in [2.05, 4.69) is 48.2 Å². The fraction of sp³-hybridized carbons (Fsp3) is 0.412. The van der Waals surface area contributed by atoms with Gasteiger partial charge in [-0.1, -0.05) is 30.3 Å². The van der Waals surface area contributed by atoms with Crippen LogP contribution in [0.2, 0.25) is 0 Å². The summed E-state index contributed by atoms with van der Waals surface area (Å²) in [7, 11) is 0. The maximum absolute atomic E-state index is 5.74. The van der Waals surface area contributed by atoms with Crippen molar-refractivity contribution in [2.45, 2.75) is 32.4 Å². The first-order chi connectivity index (χ1) is 9.76. The van der Waals surface area contributed by atoms with Gasteiger partial charge in [-0.15, -0.1) is 11.3 Å². The van der Waals surface area contributed by atoms with Gasteiger partial charge in [0.25, 0.3) is 0 Å². The van der Waals surface area contributed by atoms with E-state index in [1.54, 1.807) is 0 Å². The van der Waals surface area contributed by atoms with Gasteiger partial charge >= 0.3 is 0 Å². The third-order valence-corrected chi connectivity index (χ3v) is 5.33. The van der Waals surface area contributed by atoms with Gasteiger partial charge in [0.05, 0.1) is 0 Å². The van der Waals surface area contributed by atoms with Crippen molar-refractivity contribution in [2.24, 2.45) is 5.73 Å². The molecular formula is C17H22N2S. The van der Waals surface area contributed by atoms with Gasteiger partial charge in [-0.05, 0) is 43.0 Å². The lowest BCUT2D eigenvalue weighted by molar-refractivity contribution is 0.326. The molecule has 0 amide bonds. The standard InChI is InChI=1S/C17H22N2S/c1-13-16(9-17(10-18)20-13)12-19-8-7-15(11-19)14-5-3-2-4-6-14/h2-6,9,15H,7-8,10-12,18H2,1H3. The van der Waals surface area contributed by atoms with E-state index in [0.717, 1.165) is 6.54 Å². The van der Waals surface area contributed by atoms with Crippen molar-refractivity contribution in [3.63, 3.8) is 0 Å². The van der Waals surface area contributed by atoms with Crippen molar-refractivity contribution in [3.8, 4) is 0 Å². The summed E-state index contributed by atoms with van der Waals surface area (Å²) in [5, 5.41) is 0. The molecule has 1 aliphatic heterocycles. The lowest BCUT2D eigenvalue weighted by Gasteiger charge is -2.16. The summed E-state index contributed by atoms with van der Waals surface area (Å²) in [6, 6.07) is 13.2. The van der Waals surface area contributed by atoms with Crippen LogP contribution in [-0.4, -0.2) is 18.0 Å². The van der Waals surface area contributed by atoms with Crippen molar-refractivity contribution in [1.82, 2.24) is 4.90 Å². The molecule has 0 aliphatic carbocycles. The van der Waals surface area contributed by atoms with Crippen molar-refractivity contribution >= 4 is 11.3 Å². The number of thiophene rings is 1. The van der Waals surface area contributed by atoms with Crippen LogP contribution in [0.5, 0.6) is 0 Å². The minimum absolute atomic E-state index is 0.665. The van der Waals surface area contributed by atoms with Gasteiger partial charge in [-0.2, -0.15) is 0 Å². The maximum Gasteiger partial charge on any atom is 0.0274 e. The van der Waals surface area contributed by atoms with Gasteiger partial charge in [0.1, 0.15) is 0 Å². The molecule has 1 atom stereocenters. The Labute approximate surface area is 125 Å². The van der Waals surface area contributed by atoms with E-state index in [1.807, 2.05) is 11.3 Å². The molecule has 2 nitrogen and oxygen atoms in total. The van der Waals surface area contributed by atoms with Gasteiger partial charge in [0.2, 0.25) is 0 Å². The van der Waals surface area contributed by atoms with Crippen LogP contribution in [0.15, 0.2) is 36.4 Å². The molecule has 0 saturated carbocycles. The Balaban J connectivity index is 1.64. The average molecular weight is 286 g/mol. The number of benzene rings is 1. The van der Waals surface area contributed by atoms with E-state index in [4.69, 9.17) is 5.73 Å². The molecule has 3 heteroatoms. The minimum atomic E-state index is 0.665. The quantitative estimate of drug-likeness (QED) is 0.932. The second-order valence-corrected chi connectivity index (χ2v) is 6.97. The SMILES string of the molecule is Cc1sc(CN)cc1CN1CCC(c2ccccc2)C1. The first-order valence-corrected chi connectivity index (χ1v) is 8.13. The number of nitrogens with two attached hydrogens (primary N) is 1. The molecule has 1 aromatic carbocycles. The van der Waals surface area contributed by atoms with E-state index < -0.39 is 0 Å². The fourth-order valence-corrected chi connectivity index (χ4v) is 3.99.